The third-order valence-electron chi connectivity index (χ3n) is 2.30. The van der Waals surface area contributed by atoms with Crippen molar-refractivity contribution in [3.8, 4) is 5.75 Å². The Labute approximate surface area is 116 Å². The molecular formula is C12H6ClFN2O4. The lowest BCUT2D eigenvalue weighted by molar-refractivity contribution is -0.385. The second-order valence-corrected chi connectivity index (χ2v) is 3.96. The molecule has 20 heavy (non-hydrogen) atoms. The average molecular weight is 297 g/mol. The quantitative estimate of drug-likeness (QED) is 0.286. The number of hydrogen-bond acceptors (Lipinski definition) is 5. The first-order valence-electron chi connectivity index (χ1n) is 5.25. The van der Waals surface area contributed by atoms with Crippen LogP contribution in [0.3, 0.4) is 0 Å². The number of nitro benzene ring substituents is 1. The molecule has 0 aliphatic rings. The monoisotopic (exact) mass is 296 g/mol. The van der Waals surface area contributed by atoms with E-state index < -0.39 is 28.1 Å². The molecule has 1 aromatic carbocycles. The first kappa shape index (κ1) is 13.9. The molecule has 102 valence electrons. The van der Waals surface area contributed by atoms with Gasteiger partial charge in [0.05, 0.1) is 10.5 Å². The molecule has 2 rings (SSSR count). The predicted molar refractivity (Wildman–Crippen MR) is 67.3 cm³/mol. The zero-order valence-electron chi connectivity index (χ0n) is 9.75. The van der Waals surface area contributed by atoms with Crippen LogP contribution in [0.2, 0.25) is 5.15 Å². The molecule has 1 heterocycles. The molecule has 0 aliphatic carbocycles. The molecule has 2 aromatic rings. The maximum absolute atomic E-state index is 13.1. The van der Waals surface area contributed by atoms with Crippen LogP contribution in [-0.2, 0) is 0 Å². The number of carbonyl (C=O) groups excluding carboxylic acids is 1. The van der Waals surface area contributed by atoms with Gasteiger partial charge in [-0.3, -0.25) is 10.1 Å². The Kier molecular flexibility index (Phi) is 3.90. The maximum Gasteiger partial charge on any atom is 0.346 e. The molecule has 1 aromatic heterocycles. The molecule has 0 atom stereocenters. The van der Waals surface area contributed by atoms with E-state index in [-0.39, 0.29) is 10.7 Å². The Morgan fingerprint density at radius 2 is 2.15 bits per heavy atom. The van der Waals surface area contributed by atoms with E-state index in [0.29, 0.717) is 0 Å². The summed E-state index contributed by atoms with van der Waals surface area (Å²) in [5, 5.41) is 10.7. The molecule has 0 fully saturated rings. The SMILES string of the molecule is O=C(Oc1cc(F)ccc1[N+](=O)[O-])c1cccnc1Cl. The normalized spacial score (nSPS) is 10.1. The number of aromatic nitrogens is 1. The Morgan fingerprint density at radius 1 is 1.40 bits per heavy atom. The smallest absolute Gasteiger partial charge is 0.346 e. The summed E-state index contributed by atoms with van der Waals surface area (Å²) in [6.07, 6.45) is 1.36. The van der Waals surface area contributed by atoms with Crippen LogP contribution in [-0.4, -0.2) is 15.9 Å². The Balaban J connectivity index is 2.35. The highest BCUT2D eigenvalue weighted by atomic mass is 35.5. The van der Waals surface area contributed by atoms with Crippen molar-refractivity contribution in [2.24, 2.45) is 0 Å². The fourth-order valence-corrected chi connectivity index (χ4v) is 1.61. The number of carbonyl (C=O) groups is 1. The number of ether oxygens (including phenoxy) is 1. The van der Waals surface area contributed by atoms with Crippen molar-refractivity contribution in [3.63, 3.8) is 0 Å². The molecule has 0 spiro atoms. The Bertz CT molecular complexity index is 693. The van der Waals surface area contributed by atoms with Crippen LogP contribution in [0.25, 0.3) is 0 Å². The van der Waals surface area contributed by atoms with Gasteiger partial charge in [-0.05, 0) is 18.2 Å². The number of pyridine rings is 1. The Hall–Kier alpha value is -2.54. The van der Waals surface area contributed by atoms with Gasteiger partial charge in [0.2, 0.25) is 5.75 Å². The van der Waals surface area contributed by atoms with E-state index >= 15 is 0 Å². The highest BCUT2D eigenvalue weighted by Gasteiger charge is 2.21. The molecule has 8 heteroatoms. The van der Waals surface area contributed by atoms with Crippen molar-refractivity contribution >= 4 is 23.3 Å². The van der Waals surface area contributed by atoms with Gasteiger partial charge in [0.25, 0.3) is 0 Å². The van der Waals surface area contributed by atoms with E-state index in [1.165, 1.54) is 18.3 Å². The molecule has 0 radical (unpaired) electrons. The zero-order valence-corrected chi connectivity index (χ0v) is 10.5. The van der Waals surface area contributed by atoms with Crippen LogP contribution >= 0.6 is 11.6 Å². The topological polar surface area (TPSA) is 82.3 Å². The van der Waals surface area contributed by atoms with Crippen molar-refractivity contribution in [2.75, 3.05) is 0 Å². The van der Waals surface area contributed by atoms with Gasteiger partial charge in [-0.2, -0.15) is 0 Å². The summed E-state index contributed by atoms with van der Waals surface area (Å²) in [6.45, 7) is 0. The van der Waals surface area contributed by atoms with Crippen LogP contribution in [0.4, 0.5) is 10.1 Å². The highest BCUT2D eigenvalue weighted by molar-refractivity contribution is 6.32. The molecule has 0 unspecified atom stereocenters. The van der Waals surface area contributed by atoms with E-state index in [1.54, 1.807) is 0 Å². The van der Waals surface area contributed by atoms with Crippen LogP contribution in [0, 0.1) is 15.9 Å². The summed E-state index contributed by atoms with van der Waals surface area (Å²) in [6, 6.07) is 5.33. The van der Waals surface area contributed by atoms with Gasteiger partial charge in [-0.15, -0.1) is 0 Å². The van der Waals surface area contributed by atoms with E-state index in [2.05, 4.69) is 4.98 Å². The number of nitro groups is 1. The molecule has 6 nitrogen and oxygen atoms in total. The molecule has 0 N–H and O–H groups in total. The lowest BCUT2D eigenvalue weighted by atomic mass is 10.2. The van der Waals surface area contributed by atoms with Gasteiger partial charge in [0.1, 0.15) is 11.0 Å². The summed E-state index contributed by atoms with van der Waals surface area (Å²) in [5.41, 5.74) is -0.604. The number of esters is 1. The van der Waals surface area contributed by atoms with E-state index in [9.17, 15) is 19.3 Å². The fraction of sp³-hybridized carbons (Fsp3) is 0. The number of benzene rings is 1. The summed E-state index contributed by atoms with van der Waals surface area (Å²) in [5.74, 6) is -2.23. The van der Waals surface area contributed by atoms with E-state index in [4.69, 9.17) is 16.3 Å². The number of hydrogen-bond donors (Lipinski definition) is 0. The van der Waals surface area contributed by atoms with Gasteiger partial charge in [0.15, 0.2) is 0 Å². The van der Waals surface area contributed by atoms with Gasteiger partial charge >= 0.3 is 11.7 Å². The number of rotatable bonds is 3. The Morgan fingerprint density at radius 3 is 2.80 bits per heavy atom. The fourth-order valence-electron chi connectivity index (χ4n) is 1.41. The first-order valence-corrected chi connectivity index (χ1v) is 5.63. The lowest BCUT2D eigenvalue weighted by Gasteiger charge is -2.05. The molecule has 0 saturated carbocycles. The summed E-state index contributed by atoms with van der Waals surface area (Å²) in [7, 11) is 0. The minimum atomic E-state index is -0.961. The van der Waals surface area contributed by atoms with Gasteiger partial charge in [-0.1, -0.05) is 11.6 Å². The lowest BCUT2D eigenvalue weighted by Crippen LogP contribution is -2.11. The van der Waals surface area contributed by atoms with Crippen molar-refractivity contribution in [1.82, 2.24) is 4.98 Å². The van der Waals surface area contributed by atoms with Crippen LogP contribution < -0.4 is 4.74 Å². The minimum Gasteiger partial charge on any atom is -0.415 e. The summed E-state index contributed by atoms with van der Waals surface area (Å²) < 4.78 is 17.9. The number of nitrogens with zero attached hydrogens (tertiary/aromatic N) is 2. The molecule has 0 saturated heterocycles. The largest absolute Gasteiger partial charge is 0.415 e. The van der Waals surface area contributed by atoms with Crippen molar-refractivity contribution in [2.45, 2.75) is 0 Å². The summed E-state index contributed by atoms with van der Waals surface area (Å²) >= 11 is 5.70. The van der Waals surface area contributed by atoms with Gasteiger partial charge in [-0.25, -0.2) is 14.2 Å². The van der Waals surface area contributed by atoms with Gasteiger partial charge < -0.3 is 4.74 Å². The maximum atomic E-state index is 13.1. The third-order valence-corrected chi connectivity index (χ3v) is 2.60. The second-order valence-electron chi connectivity index (χ2n) is 3.60. The minimum absolute atomic E-state index is 0.0762. The van der Waals surface area contributed by atoms with E-state index in [0.717, 1.165) is 18.2 Å². The average Bonchev–Trinajstić information content (AvgIpc) is 2.38. The number of halogens is 2. The predicted octanol–water partition coefficient (Wildman–Crippen LogP) is 3.00. The van der Waals surface area contributed by atoms with E-state index in [1.807, 2.05) is 0 Å². The van der Waals surface area contributed by atoms with Crippen molar-refractivity contribution in [1.29, 1.82) is 0 Å². The standard InChI is InChI=1S/C12H6ClFN2O4/c13-11-8(2-1-5-15-11)12(17)20-10-6-7(14)3-4-9(10)16(18)19/h1-6H. The summed E-state index contributed by atoms with van der Waals surface area (Å²) in [4.78, 5) is 25.5. The van der Waals surface area contributed by atoms with Crippen molar-refractivity contribution in [3.05, 3.63) is 63.2 Å². The van der Waals surface area contributed by atoms with Crippen LogP contribution in [0.1, 0.15) is 10.4 Å². The molecule has 0 amide bonds. The van der Waals surface area contributed by atoms with Gasteiger partial charge in [0, 0.05) is 18.3 Å². The van der Waals surface area contributed by atoms with Crippen LogP contribution in [0.15, 0.2) is 36.5 Å². The van der Waals surface area contributed by atoms with Crippen molar-refractivity contribution < 1.29 is 18.8 Å². The molecule has 0 bridgehead atoms. The second kappa shape index (κ2) is 5.62. The first-order chi connectivity index (χ1) is 9.49. The zero-order chi connectivity index (χ0) is 14.7. The molecular weight excluding hydrogens is 291 g/mol. The van der Waals surface area contributed by atoms with Crippen LogP contribution in [0.5, 0.6) is 5.75 Å². The third kappa shape index (κ3) is 2.89. The molecule has 0 aliphatic heterocycles. The highest BCUT2D eigenvalue weighted by Crippen LogP contribution is 2.28.